The van der Waals surface area contributed by atoms with Crippen molar-refractivity contribution in [2.75, 3.05) is 0 Å². The van der Waals surface area contributed by atoms with Crippen molar-refractivity contribution in [3.63, 3.8) is 0 Å². The highest BCUT2D eigenvalue weighted by Crippen LogP contribution is 2.09. The highest BCUT2D eigenvalue weighted by atomic mass is 32.2. The normalized spacial score (nSPS) is 10.4. The molecule has 4 nitrogen and oxygen atoms in total. The summed E-state index contributed by atoms with van der Waals surface area (Å²) in [4.78, 5) is 0. The fraction of sp³-hybridized carbons (Fsp3) is 0.143. The summed E-state index contributed by atoms with van der Waals surface area (Å²) < 4.78 is 24.3. The molecule has 5 heteroatoms. The van der Waals surface area contributed by atoms with Gasteiger partial charge in [0.15, 0.2) is 0 Å². The molecule has 0 saturated heterocycles. The lowest BCUT2D eigenvalue weighted by Gasteiger charge is -1.97. The molecule has 0 bridgehead atoms. The largest absolute Gasteiger partial charge is 0.508 e. The van der Waals surface area contributed by atoms with Gasteiger partial charge in [0.2, 0.25) is 0 Å². The van der Waals surface area contributed by atoms with E-state index in [9.17, 15) is 8.42 Å². The van der Waals surface area contributed by atoms with E-state index >= 15 is 0 Å². The summed E-state index contributed by atoms with van der Waals surface area (Å²) >= 11 is 0. The van der Waals surface area contributed by atoms with Crippen LogP contribution >= 0.6 is 0 Å². The maximum atomic E-state index is 10.0. The molecule has 0 fully saturated rings. The number of hydrogen-bond acceptors (Lipinski definition) is 4. The highest BCUT2D eigenvalue weighted by Gasteiger charge is 1.93. The van der Waals surface area contributed by atoms with Crippen LogP contribution in [-0.2, 0) is 21.8 Å². The van der Waals surface area contributed by atoms with E-state index in [1.807, 2.05) is 0 Å². The smallest absolute Gasteiger partial charge is 0.257 e. The molecule has 0 radical (unpaired) electrons. The first-order valence-corrected chi connectivity index (χ1v) is 4.33. The van der Waals surface area contributed by atoms with Crippen molar-refractivity contribution < 1.29 is 17.7 Å². The molecule has 0 amide bonds. The molecule has 12 heavy (non-hydrogen) atoms. The minimum Gasteiger partial charge on any atom is -0.508 e. The Bertz CT molecular complexity index is 307. The first kappa shape index (κ1) is 9.02. The van der Waals surface area contributed by atoms with Gasteiger partial charge in [-0.3, -0.25) is 4.18 Å². The summed E-state index contributed by atoms with van der Waals surface area (Å²) in [6.07, 6.45) is 0. The van der Waals surface area contributed by atoms with Gasteiger partial charge < -0.3 is 5.11 Å². The third-order valence-electron chi connectivity index (χ3n) is 1.27. The maximum Gasteiger partial charge on any atom is 0.257 e. The molecule has 1 rings (SSSR count). The van der Waals surface area contributed by atoms with Crippen LogP contribution in [0, 0.1) is 0 Å². The number of rotatable bonds is 3. The first-order chi connectivity index (χ1) is 5.68. The van der Waals surface area contributed by atoms with Gasteiger partial charge in [-0.05, 0) is 17.7 Å². The van der Waals surface area contributed by atoms with E-state index < -0.39 is 11.0 Å². The standard InChI is InChI=1S/C7H8O4S/c8-7-3-1-6(2-4-7)5-11-12(9)10/h1-4,8,12H,5H2. The van der Waals surface area contributed by atoms with Gasteiger partial charge in [-0.25, -0.2) is 8.42 Å². The molecule has 0 spiro atoms. The molecule has 1 N–H and O–H groups in total. The molecule has 0 atom stereocenters. The van der Waals surface area contributed by atoms with E-state index in [2.05, 4.69) is 4.18 Å². The number of hydrogen-bond donors (Lipinski definition) is 2. The predicted octanol–water partition coefficient (Wildman–Crippen LogP) is 0.435. The summed E-state index contributed by atoms with van der Waals surface area (Å²) in [6, 6.07) is 6.12. The van der Waals surface area contributed by atoms with Crippen LogP contribution in [0.5, 0.6) is 5.75 Å². The van der Waals surface area contributed by atoms with Gasteiger partial charge in [0.25, 0.3) is 11.0 Å². The number of aromatic hydroxyl groups is 1. The predicted molar refractivity (Wildman–Crippen MR) is 43.2 cm³/mol. The van der Waals surface area contributed by atoms with Crippen molar-refractivity contribution >= 4 is 11.0 Å². The molecule has 1 aromatic rings. The molecule has 0 saturated carbocycles. The molecule has 0 aliphatic rings. The van der Waals surface area contributed by atoms with Gasteiger partial charge in [0, 0.05) is 0 Å². The summed E-state index contributed by atoms with van der Waals surface area (Å²) in [5.74, 6) is 0.144. The summed E-state index contributed by atoms with van der Waals surface area (Å²) in [6.45, 7) is 0.0129. The average molecular weight is 188 g/mol. The van der Waals surface area contributed by atoms with Gasteiger partial charge in [-0.15, -0.1) is 0 Å². The Hall–Kier alpha value is -1.07. The third kappa shape index (κ3) is 2.89. The minimum absolute atomic E-state index is 0.0129. The van der Waals surface area contributed by atoms with E-state index in [-0.39, 0.29) is 12.4 Å². The topological polar surface area (TPSA) is 63.6 Å². The van der Waals surface area contributed by atoms with Gasteiger partial charge >= 0.3 is 0 Å². The molecule has 0 aliphatic carbocycles. The van der Waals surface area contributed by atoms with E-state index in [0.717, 1.165) is 0 Å². The summed E-state index contributed by atoms with van der Waals surface area (Å²) in [5.41, 5.74) is 0.701. The van der Waals surface area contributed by atoms with Gasteiger partial charge in [0.1, 0.15) is 5.75 Å². The number of thiol groups is 1. The molecular formula is C7H8O4S. The van der Waals surface area contributed by atoms with E-state index in [4.69, 9.17) is 5.11 Å². The van der Waals surface area contributed by atoms with Crippen LogP contribution in [0.3, 0.4) is 0 Å². The Morgan fingerprint density at radius 2 is 1.83 bits per heavy atom. The molecule has 0 aliphatic heterocycles. The quantitative estimate of drug-likeness (QED) is 0.675. The fourth-order valence-corrected chi connectivity index (χ4v) is 0.974. The second kappa shape index (κ2) is 4.08. The van der Waals surface area contributed by atoms with Crippen LogP contribution < -0.4 is 0 Å². The van der Waals surface area contributed by atoms with Crippen LogP contribution in [0.2, 0.25) is 0 Å². The number of phenolic OH excluding ortho intramolecular Hbond substituents is 1. The Labute approximate surface area is 71.6 Å². The van der Waals surface area contributed by atoms with Crippen molar-refractivity contribution in [2.45, 2.75) is 6.61 Å². The molecule has 1 aromatic carbocycles. The monoisotopic (exact) mass is 188 g/mol. The van der Waals surface area contributed by atoms with E-state index in [1.54, 1.807) is 12.1 Å². The molecule has 0 aromatic heterocycles. The molecule has 66 valence electrons. The van der Waals surface area contributed by atoms with Crippen LogP contribution in [0.25, 0.3) is 0 Å². The van der Waals surface area contributed by atoms with E-state index in [1.165, 1.54) is 12.1 Å². The van der Waals surface area contributed by atoms with Crippen molar-refractivity contribution in [1.29, 1.82) is 0 Å². The number of phenols is 1. The average Bonchev–Trinajstić information content (AvgIpc) is 2.03. The highest BCUT2D eigenvalue weighted by molar-refractivity contribution is 7.67. The van der Waals surface area contributed by atoms with Gasteiger partial charge in [-0.1, -0.05) is 12.1 Å². The third-order valence-corrected chi connectivity index (χ3v) is 1.61. The van der Waals surface area contributed by atoms with Gasteiger partial charge in [0.05, 0.1) is 6.61 Å². The minimum atomic E-state index is -2.79. The zero-order valence-corrected chi connectivity index (χ0v) is 7.03. The van der Waals surface area contributed by atoms with Crippen molar-refractivity contribution in [3.8, 4) is 5.75 Å². The molecular weight excluding hydrogens is 180 g/mol. The maximum absolute atomic E-state index is 10.0. The SMILES string of the molecule is O=[SH](=O)OCc1ccc(O)cc1. The Kier molecular flexibility index (Phi) is 3.07. The second-order valence-corrected chi connectivity index (χ2v) is 2.87. The summed E-state index contributed by atoms with van der Waals surface area (Å²) in [5, 5.41) is 8.87. The molecule has 0 heterocycles. The molecule has 0 unspecified atom stereocenters. The van der Waals surface area contributed by atoms with Crippen molar-refractivity contribution in [2.24, 2.45) is 0 Å². The lowest BCUT2D eigenvalue weighted by Crippen LogP contribution is -1.89. The fourth-order valence-electron chi connectivity index (χ4n) is 0.719. The Balaban J connectivity index is 2.59. The lowest BCUT2D eigenvalue weighted by atomic mass is 10.2. The van der Waals surface area contributed by atoms with Gasteiger partial charge in [-0.2, -0.15) is 0 Å². The van der Waals surface area contributed by atoms with Crippen molar-refractivity contribution in [3.05, 3.63) is 29.8 Å². The zero-order chi connectivity index (χ0) is 8.97. The second-order valence-electron chi connectivity index (χ2n) is 2.16. The number of benzene rings is 1. The lowest BCUT2D eigenvalue weighted by molar-refractivity contribution is 0.323. The Morgan fingerprint density at radius 1 is 1.25 bits per heavy atom. The first-order valence-electron chi connectivity index (χ1n) is 3.23. The van der Waals surface area contributed by atoms with Crippen molar-refractivity contribution in [1.82, 2.24) is 0 Å². The van der Waals surface area contributed by atoms with Crippen LogP contribution in [0.15, 0.2) is 24.3 Å². The van der Waals surface area contributed by atoms with Crippen LogP contribution in [0.1, 0.15) is 5.56 Å². The van der Waals surface area contributed by atoms with Crippen LogP contribution in [0.4, 0.5) is 0 Å². The zero-order valence-electron chi connectivity index (χ0n) is 6.14. The Morgan fingerprint density at radius 3 is 2.33 bits per heavy atom. The summed E-state index contributed by atoms with van der Waals surface area (Å²) in [7, 11) is -2.79. The van der Waals surface area contributed by atoms with Crippen LogP contribution in [-0.4, -0.2) is 13.5 Å². The van der Waals surface area contributed by atoms with E-state index in [0.29, 0.717) is 5.56 Å².